The van der Waals surface area contributed by atoms with Gasteiger partial charge in [0.1, 0.15) is 11.6 Å². The van der Waals surface area contributed by atoms with Gasteiger partial charge < -0.3 is 0 Å². The first-order chi connectivity index (χ1) is 11.4. The molecule has 0 aliphatic rings. The van der Waals surface area contributed by atoms with Gasteiger partial charge in [-0.25, -0.2) is 14.2 Å². The lowest BCUT2D eigenvalue weighted by Crippen LogP contribution is -2.22. The number of hydrogen-bond acceptors (Lipinski definition) is 4. The fraction of sp³-hybridized carbons (Fsp3) is 0.375. The number of halogens is 1. The summed E-state index contributed by atoms with van der Waals surface area (Å²) < 4.78 is 17.2. The predicted octanol–water partition coefficient (Wildman–Crippen LogP) is 2.60. The highest BCUT2D eigenvalue weighted by atomic mass is 19.1. The normalized spacial score (nSPS) is 11.6. The Kier molecular flexibility index (Phi) is 3.72. The monoisotopic (exact) mass is 328 g/mol. The van der Waals surface area contributed by atoms with E-state index >= 15 is 0 Å². The summed E-state index contributed by atoms with van der Waals surface area (Å²) in [6.07, 6.45) is 2.78. The number of hydrogen-bond donors (Lipinski definition) is 1. The maximum absolute atomic E-state index is 14.7. The Morgan fingerprint density at radius 1 is 1.33 bits per heavy atom. The summed E-state index contributed by atoms with van der Waals surface area (Å²) >= 11 is 0. The van der Waals surface area contributed by atoms with Crippen LogP contribution in [0.2, 0.25) is 0 Å². The zero-order valence-corrected chi connectivity index (χ0v) is 13.8. The van der Waals surface area contributed by atoms with E-state index in [-0.39, 0.29) is 40.0 Å². The second kappa shape index (κ2) is 5.60. The van der Waals surface area contributed by atoms with Crippen molar-refractivity contribution in [1.82, 2.24) is 24.4 Å². The van der Waals surface area contributed by atoms with Crippen LogP contribution in [0.15, 0.2) is 17.2 Å². The standard InChI is InChI=1S/C16H17FN6O/c1-8(2)12-13(11-7-20-22(9(3)4)14(11)17)21-15-10(5-18)6-19-23(15)16(12)24/h6-9,19H,1-4H3. The number of H-pyrrole nitrogens is 1. The Balaban J connectivity index is 2.40. The fourth-order valence-corrected chi connectivity index (χ4v) is 2.70. The molecule has 0 unspecified atom stereocenters. The van der Waals surface area contributed by atoms with Crippen LogP contribution in [0, 0.1) is 17.3 Å². The maximum Gasteiger partial charge on any atom is 0.276 e. The summed E-state index contributed by atoms with van der Waals surface area (Å²) in [7, 11) is 0. The van der Waals surface area contributed by atoms with Gasteiger partial charge in [-0.15, -0.1) is 0 Å². The van der Waals surface area contributed by atoms with Gasteiger partial charge in [0.05, 0.1) is 17.5 Å². The Morgan fingerprint density at radius 2 is 2.04 bits per heavy atom. The highest BCUT2D eigenvalue weighted by Gasteiger charge is 2.24. The highest BCUT2D eigenvalue weighted by Crippen LogP contribution is 2.29. The van der Waals surface area contributed by atoms with Gasteiger partial charge >= 0.3 is 0 Å². The quantitative estimate of drug-likeness (QED) is 0.800. The molecule has 0 radical (unpaired) electrons. The number of fused-ring (bicyclic) bond motifs is 1. The molecule has 3 heterocycles. The van der Waals surface area contributed by atoms with Gasteiger partial charge in [0.2, 0.25) is 5.95 Å². The first-order valence-electron chi connectivity index (χ1n) is 7.64. The van der Waals surface area contributed by atoms with E-state index in [9.17, 15) is 14.4 Å². The first-order valence-corrected chi connectivity index (χ1v) is 7.64. The van der Waals surface area contributed by atoms with Crippen LogP contribution in [0.3, 0.4) is 0 Å². The highest BCUT2D eigenvalue weighted by molar-refractivity contribution is 5.67. The van der Waals surface area contributed by atoms with Crippen LogP contribution in [0.1, 0.15) is 50.8 Å². The summed E-state index contributed by atoms with van der Waals surface area (Å²) in [5.74, 6) is -0.718. The van der Waals surface area contributed by atoms with Gasteiger partial charge in [0.25, 0.3) is 5.56 Å². The van der Waals surface area contributed by atoms with Crippen molar-refractivity contribution in [2.45, 2.75) is 39.7 Å². The summed E-state index contributed by atoms with van der Waals surface area (Å²) in [5, 5.41) is 15.9. The van der Waals surface area contributed by atoms with E-state index in [0.717, 1.165) is 0 Å². The van der Waals surface area contributed by atoms with Crippen molar-refractivity contribution in [3.63, 3.8) is 0 Å². The molecule has 3 rings (SSSR count). The molecule has 0 fully saturated rings. The Morgan fingerprint density at radius 3 is 2.58 bits per heavy atom. The van der Waals surface area contributed by atoms with E-state index in [0.29, 0.717) is 5.56 Å². The minimum absolute atomic E-state index is 0.159. The molecule has 0 aliphatic carbocycles. The smallest absolute Gasteiger partial charge is 0.276 e. The molecule has 24 heavy (non-hydrogen) atoms. The third-order valence-corrected chi connectivity index (χ3v) is 3.87. The van der Waals surface area contributed by atoms with Crippen LogP contribution < -0.4 is 5.56 Å². The van der Waals surface area contributed by atoms with Crippen LogP contribution in [0.25, 0.3) is 16.9 Å². The SMILES string of the molecule is CC(C)c1c(-c2cnn(C(C)C)c2F)nc2c(C#N)c[nH]n2c1=O. The molecule has 0 aromatic carbocycles. The van der Waals surface area contributed by atoms with Gasteiger partial charge in [-0.05, 0) is 19.8 Å². The van der Waals surface area contributed by atoms with E-state index in [1.54, 1.807) is 0 Å². The van der Waals surface area contributed by atoms with E-state index < -0.39 is 5.95 Å². The van der Waals surface area contributed by atoms with Crippen LogP contribution in [0.5, 0.6) is 0 Å². The number of nitrogens with zero attached hydrogens (tertiary/aromatic N) is 5. The molecule has 0 saturated heterocycles. The molecule has 0 atom stereocenters. The summed E-state index contributed by atoms with van der Waals surface area (Å²) in [4.78, 5) is 17.2. The van der Waals surface area contributed by atoms with Gasteiger partial charge in [0, 0.05) is 17.8 Å². The molecular weight excluding hydrogens is 311 g/mol. The van der Waals surface area contributed by atoms with E-state index in [1.165, 1.54) is 21.6 Å². The number of aromatic nitrogens is 5. The number of rotatable bonds is 3. The zero-order chi connectivity index (χ0) is 17.6. The molecular formula is C16H17FN6O. The van der Waals surface area contributed by atoms with Crippen LogP contribution in [-0.2, 0) is 0 Å². The van der Waals surface area contributed by atoms with Crippen molar-refractivity contribution < 1.29 is 4.39 Å². The van der Waals surface area contributed by atoms with E-state index in [4.69, 9.17) is 0 Å². The molecule has 3 aromatic rings. The van der Waals surface area contributed by atoms with Gasteiger partial charge in [-0.1, -0.05) is 13.8 Å². The summed E-state index contributed by atoms with van der Waals surface area (Å²) in [6, 6.07) is 1.82. The van der Waals surface area contributed by atoms with E-state index in [1.807, 2.05) is 33.8 Å². The van der Waals surface area contributed by atoms with Crippen LogP contribution in [-0.4, -0.2) is 24.4 Å². The van der Waals surface area contributed by atoms with Gasteiger partial charge in [-0.2, -0.15) is 14.8 Å². The lowest BCUT2D eigenvalue weighted by atomic mass is 10.00. The number of aromatic amines is 1. The van der Waals surface area contributed by atoms with Crippen molar-refractivity contribution in [3.8, 4) is 17.3 Å². The summed E-state index contributed by atoms with van der Waals surface area (Å²) in [5.41, 5.74) is 0.829. The van der Waals surface area contributed by atoms with Crippen molar-refractivity contribution in [2.24, 2.45) is 0 Å². The van der Waals surface area contributed by atoms with Crippen molar-refractivity contribution in [2.75, 3.05) is 0 Å². The van der Waals surface area contributed by atoms with Crippen molar-refractivity contribution in [1.29, 1.82) is 5.26 Å². The van der Waals surface area contributed by atoms with Gasteiger partial charge in [-0.3, -0.25) is 9.89 Å². The Bertz CT molecular complexity index is 1020. The largest absolute Gasteiger partial charge is 0.295 e. The third-order valence-electron chi connectivity index (χ3n) is 3.87. The molecule has 0 saturated carbocycles. The number of nitrogens with one attached hydrogen (secondary N) is 1. The third kappa shape index (κ3) is 2.21. The molecule has 0 spiro atoms. The first kappa shape index (κ1) is 15.9. The molecule has 7 nitrogen and oxygen atoms in total. The van der Waals surface area contributed by atoms with Gasteiger partial charge in [0.15, 0.2) is 5.65 Å². The lowest BCUT2D eigenvalue weighted by Gasteiger charge is -2.11. The molecule has 124 valence electrons. The average molecular weight is 328 g/mol. The molecule has 8 heteroatoms. The molecule has 0 aliphatic heterocycles. The Hall–Kier alpha value is -2.95. The lowest BCUT2D eigenvalue weighted by molar-refractivity contribution is 0.417. The van der Waals surface area contributed by atoms with E-state index in [2.05, 4.69) is 15.2 Å². The fourth-order valence-electron chi connectivity index (χ4n) is 2.70. The predicted molar refractivity (Wildman–Crippen MR) is 86.2 cm³/mol. The maximum atomic E-state index is 14.7. The van der Waals surface area contributed by atoms with Crippen molar-refractivity contribution >= 4 is 5.65 Å². The molecule has 0 bridgehead atoms. The summed E-state index contributed by atoms with van der Waals surface area (Å²) in [6.45, 7) is 7.31. The van der Waals surface area contributed by atoms with Crippen molar-refractivity contribution in [3.05, 3.63) is 39.8 Å². The second-order valence-electron chi connectivity index (χ2n) is 6.18. The molecule has 1 N–H and O–H groups in total. The zero-order valence-electron chi connectivity index (χ0n) is 13.8. The van der Waals surface area contributed by atoms with Crippen LogP contribution in [0.4, 0.5) is 4.39 Å². The molecule has 0 amide bonds. The molecule has 3 aromatic heterocycles. The Labute approximate surface area is 137 Å². The minimum atomic E-state index is -0.544. The van der Waals surface area contributed by atoms with Crippen LogP contribution >= 0.6 is 0 Å². The number of nitriles is 1. The minimum Gasteiger partial charge on any atom is -0.295 e. The second-order valence-corrected chi connectivity index (χ2v) is 6.18. The average Bonchev–Trinajstić information content (AvgIpc) is 3.09. The topological polar surface area (TPSA) is 91.8 Å².